The van der Waals surface area contributed by atoms with Crippen molar-refractivity contribution in [2.24, 2.45) is 5.41 Å². The second-order valence-electron chi connectivity index (χ2n) is 6.14. The summed E-state index contributed by atoms with van der Waals surface area (Å²) in [5, 5.41) is 0. The molecule has 1 saturated heterocycles. The van der Waals surface area contributed by atoms with Crippen molar-refractivity contribution in [1.82, 2.24) is 9.03 Å². The lowest BCUT2D eigenvalue weighted by molar-refractivity contribution is 0.0724. The van der Waals surface area contributed by atoms with E-state index in [-0.39, 0.29) is 5.41 Å². The largest absolute Gasteiger partial charge is 0.379 e. The fourth-order valence-corrected chi connectivity index (χ4v) is 4.32. The first-order chi connectivity index (χ1) is 10.5. The molecule has 0 atom stereocenters. The Balaban J connectivity index is 1.57. The van der Waals surface area contributed by atoms with Gasteiger partial charge >= 0.3 is 0 Å². The molecule has 1 aromatic rings. The van der Waals surface area contributed by atoms with Gasteiger partial charge in [-0.2, -0.15) is 12.7 Å². The summed E-state index contributed by atoms with van der Waals surface area (Å²) in [6.07, 6.45) is 3.08. The van der Waals surface area contributed by atoms with E-state index in [1.165, 1.54) is 9.87 Å². The molecule has 0 aromatic heterocycles. The van der Waals surface area contributed by atoms with Crippen LogP contribution in [0, 0.1) is 5.41 Å². The summed E-state index contributed by atoms with van der Waals surface area (Å²) in [5.74, 6) is 0. The quantitative estimate of drug-likeness (QED) is 0.809. The van der Waals surface area contributed by atoms with E-state index in [4.69, 9.17) is 4.74 Å². The van der Waals surface area contributed by atoms with Gasteiger partial charge in [0.05, 0.1) is 13.2 Å². The van der Waals surface area contributed by atoms with Crippen LogP contribution < -0.4 is 4.72 Å². The molecule has 1 aromatic carbocycles. The Hall–Kier alpha value is -0.470. The van der Waals surface area contributed by atoms with Crippen molar-refractivity contribution in [2.75, 3.05) is 32.8 Å². The molecule has 1 N–H and O–H groups in total. The Morgan fingerprint density at radius 3 is 2.41 bits per heavy atom. The second kappa shape index (κ2) is 6.57. The molecule has 1 heterocycles. The van der Waals surface area contributed by atoms with Gasteiger partial charge in [0.15, 0.2) is 0 Å². The maximum absolute atomic E-state index is 12.3. The average molecular weight is 389 g/mol. The summed E-state index contributed by atoms with van der Waals surface area (Å²) in [5.41, 5.74) is 1.35. The number of nitrogens with zero attached hydrogens (tertiary/aromatic N) is 1. The van der Waals surface area contributed by atoms with Gasteiger partial charge < -0.3 is 4.74 Å². The summed E-state index contributed by atoms with van der Waals surface area (Å²) in [6.45, 7) is 2.35. The molecule has 1 saturated carbocycles. The highest BCUT2D eigenvalue weighted by molar-refractivity contribution is 9.10. The van der Waals surface area contributed by atoms with Crippen molar-refractivity contribution in [3.8, 4) is 0 Å². The molecule has 0 unspecified atom stereocenters. The van der Waals surface area contributed by atoms with Crippen LogP contribution in [0.15, 0.2) is 28.7 Å². The lowest BCUT2D eigenvalue weighted by atomic mass is 9.97. The molecule has 5 nitrogen and oxygen atoms in total. The molecular weight excluding hydrogens is 368 g/mol. The van der Waals surface area contributed by atoms with Crippen molar-refractivity contribution < 1.29 is 13.2 Å². The molecule has 2 aliphatic rings. The highest BCUT2D eigenvalue weighted by Gasteiger charge is 2.43. The molecule has 0 radical (unpaired) electrons. The van der Waals surface area contributed by atoms with Gasteiger partial charge in [-0.3, -0.25) is 0 Å². The van der Waals surface area contributed by atoms with Crippen LogP contribution in [0.3, 0.4) is 0 Å². The Bertz CT molecular complexity index is 608. The van der Waals surface area contributed by atoms with E-state index in [1.807, 2.05) is 12.1 Å². The number of ether oxygens (including phenoxy) is 1. The van der Waals surface area contributed by atoms with Crippen molar-refractivity contribution >= 4 is 26.1 Å². The summed E-state index contributed by atoms with van der Waals surface area (Å²) >= 11 is 3.43. The highest BCUT2D eigenvalue weighted by atomic mass is 79.9. The number of benzene rings is 1. The third-order valence-corrected chi connectivity index (χ3v) is 6.47. The minimum absolute atomic E-state index is 0.0905. The molecule has 2 fully saturated rings. The van der Waals surface area contributed by atoms with Crippen molar-refractivity contribution in [3.63, 3.8) is 0 Å². The van der Waals surface area contributed by atoms with Gasteiger partial charge in [0, 0.05) is 24.1 Å². The SMILES string of the molecule is O=S(=O)(NCC1(Cc2ccc(Br)cc2)CC1)N1CCOCC1. The molecule has 122 valence electrons. The van der Waals surface area contributed by atoms with E-state index in [0.717, 1.165) is 23.7 Å². The van der Waals surface area contributed by atoms with Gasteiger partial charge in [0.1, 0.15) is 0 Å². The van der Waals surface area contributed by atoms with Crippen molar-refractivity contribution in [3.05, 3.63) is 34.3 Å². The predicted octanol–water partition coefficient (Wildman–Crippen LogP) is 1.94. The molecule has 0 amide bonds. The third kappa shape index (κ3) is 4.08. The Kier molecular flexibility index (Phi) is 4.89. The van der Waals surface area contributed by atoms with Gasteiger partial charge in [-0.25, -0.2) is 4.72 Å². The van der Waals surface area contributed by atoms with Gasteiger partial charge in [-0.05, 0) is 42.4 Å². The zero-order chi connectivity index (χ0) is 15.6. The minimum atomic E-state index is -3.38. The molecule has 3 rings (SSSR count). The minimum Gasteiger partial charge on any atom is -0.379 e. The number of morpholine rings is 1. The fourth-order valence-electron chi connectivity index (χ4n) is 2.75. The van der Waals surface area contributed by atoms with Crippen LogP contribution in [0.2, 0.25) is 0 Å². The molecule has 1 aliphatic carbocycles. The molecule has 7 heteroatoms. The molecule has 0 bridgehead atoms. The zero-order valence-corrected chi connectivity index (χ0v) is 14.8. The fraction of sp³-hybridized carbons (Fsp3) is 0.600. The Morgan fingerprint density at radius 1 is 1.18 bits per heavy atom. The summed E-state index contributed by atoms with van der Waals surface area (Å²) < 4.78 is 35.2. The number of hydrogen-bond donors (Lipinski definition) is 1. The van der Waals surface area contributed by atoms with E-state index < -0.39 is 10.2 Å². The second-order valence-corrected chi connectivity index (χ2v) is 8.81. The van der Waals surface area contributed by atoms with Gasteiger partial charge in [0.2, 0.25) is 0 Å². The van der Waals surface area contributed by atoms with Crippen LogP contribution in [-0.2, 0) is 21.4 Å². The van der Waals surface area contributed by atoms with Crippen LogP contribution in [0.4, 0.5) is 0 Å². The number of halogens is 1. The van der Waals surface area contributed by atoms with Crippen molar-refractivity contribution in [2.45, 2.75) is 19.3 Å². The Morgan fingerprint density at radius 2 is 1.82 bits per heavy atom. The molecule has 0 spiro atoms. The van der Waals surface area contributed by atoms with E-state index in [1.54, 1.807) is 0 Å². The summed E-state index contributed by atoms with van der Waals surface area (Å²) in [7, 11) is -3.38. The number of rotatable bonds is 6. The van der Waals surface area contributed by atoms with Crippen LogP contribution in [0.25, 0.3) is 0 Å². The van der Waals surface area contributed by atoms with E-state index >= 15 is 0 Å². The van der Waals surface area contributed by atoms with Gasteiger partial charge in [0.25, 0.3) is 10.2 Å². The first-order valence-corrected chi connectivity index (χ1v) is 9.79. The molecular formula is C15H21BrN2O3S. The molecule has 22 heavy (non-hydrogen) atoms. The third-order valence-electron chi connectivity index (χ3n) is 4.39. The van der Waals surface area contributed by atoms with Crippen LogP contribution in [-0.4, -0.2) is 45.6 Å². The van der Waals surface area contributed by atoms with Crippen LogP contribution in [0.5, 0.6) is 0 Å². The Labute approximate surface area is 140 Å². The topological polar surface area (TPSA) is 58.6 Å². The zero-order valence-electron chi connectivity index (χ0n) is 12.4. The lowest BCUT2D eigenvalue weighted by Crippen LogP contribution is -2.48. The maximum Gasteiger partial charge on any atom is 0.279 e. The lowest BCUT2D eigenvalue weighted by Gasteiger charge is -2.27. The monoisotopic (exact) mass is 388 g/mol. The summed E-state index contributed by atoms with van der Waals surface area (Å²) in [6, 6.07) is 8.26. The smallest absolute Gasteiger partial charge is 0.279 e. The van der Waals surface area contributed by atoms with E-state index in [0.29, 0.717) is 32.8 Å². The van der Waals surface area contributed by atoms with Crippen LogP contribution >= 0.6 is 15.9 Å². The van der Waals surface area contributed by atoms with Crippen molar-refractivity contribution in [1.29, 1.82) is 0 Å². The van der Waals surface area contributed by atoms with Gasteiger partial charge in [-0.15, -0.1) is 0 Å². The highest BCUT2D eigenvalue weighted by Crippen LogP contribution is 2.48. The normalized spacial score (nSPS) is 21.7. The van der Waals surface area contributed by atoms with Crippen LogP contribution in [0.1, 0.15) is 18.4 Å². The maximum atomic E-state index is 12.3. The standard InChI is InChI=1S/C15H21BrN2O3S/c16-14-3-1-13(2-4-14)11-15(5-6-15)12-17-22(19,20)18-7-9-21-10-8-18/h1-4,17H,5-12H2. The average Bonchev–Trinajstić information content (AvgIpc) is 3.29. The first kappa shape index (κ1) is 16.4. The van der Waals surface area contributed by atoms with E-state index in [9.17, 15) is 8.42 Å². The predicted molar refractivity (Wildman–Crippen MR) is 88.8 cm³/mol. The summed E-state index contributed by atoms with van der Waals surface area (Å²) in [4.78, 5) is 0. The van der Waals surface area contributed by atoms with E-state index in [2.05, 4.69) is 32.8 Å². The van der Waals surface area contributed by atoms with Gasteiger partial charge in [-0.1, -0.05) is 28.1 Å². The number of hydrogen-bond acceptors (Lipinski definition) is 3. The molecule has 1 aliphatic heterocycles. The first-order valence-electron chi connectivity index (χ1n) is 7.56. The number of nitrogens with one attached hydrogen (secondary N) is 1.